The molecular formula is C22H27ClN4O. The number of hydrogen-bond acceptors (Lipinski definition) is 3. The maximum atomic E-state index is 12.6. The van der Waals surface area contributed by atoms with Gasteiger partial charge in [0.2, 0.25) is 0 Å². The highest BCUT2D eigenvalue weighted by molar-refractivity contribution is 6.30. The summed E-state index contributed by atoms with van der Waals surface area (Å²) in [5, 5.41) is 3.74. The molecule has 0 spiro atoms. The number of amides is 1. The van der Waals surface area contributed by atoms with Crippen LogP contribution in [0.2, 0.25) is 5.02 Å². The lowest BCUT2D eigenvalue weighted by Crippen LogP contribution is -2.40. The van der Waals surface area contributed by atoms with Crippen LogP contribution in [0.25, 0.3) is 5.65 Å². The molecule has 2 heterocycles. The molecule has 1 amide bonds. The minimum Gasteiger partial charge on any atom is -0.355 e. The van der Waals surface area contributed by atoms with Crippen LogP contribution in [0.15, 0.2) is 42.6 Å². The molecule has 0 saturated heterocycles. The summed E-state index contributed by atoms with van der Waals surface area (Å²) in [5.41, 5.74) is 3.32. The number of anilines is 1. The van der Waals surface area contributed by atoms with Gasteiger partial charge in [-0.1, -0.05) is 30.7 Å². The summed E-state index contributed by atoms with van der Waals surface area (Å²) in [6.45, 7) is 8.73. The largest absolute Gasteiger partial charge is 0.355 e. The van der Waals surface area contributed by atoms with Crippen LogP contribution in [0, 0.1) is 0 Å². The molecule has 0 aliphatic rings. The Hall–Kier alpha value is -2.53. The van der Waals surface area contributed by atoms with Crippen molar-refractivity contribution in [1.29, 1.82) is 0 Å². The molecule has 2 aromatic heterocycles. The first kappa shape index (κ1) is 20.2. The fourth-order valence-corrected chi connectivity index (χ4v) is 3.33. The van der Waals surface area contributed by atoms with Crippen molar-refractivity contribution >= 4 is 29.0 Å². The second kappa shape index (κ2) is 7.84. The Morgan fingerprint density at radius 2 is 1.86 bits per heavy atom. The Kier molecular flexibility index (Phi) is 5.66. The molecule has 148 valence electrons. The first-order chi connectivity index (χ1) is 13.2. The van der Waals surface area contributed by atoms with Gasteiger partial charge in [0, 0.05) is 30.4 Å². The molecule has 5 nitrogen and oxygen atoms in total. The number of nitrogens with one attached hydrogen (secondary N) is 1. The van der Waals surface area contributed by atoms with Gasteiger partial charge < -0.3 is 10.2 Å². The normalized spacial score (nSPS) is 11.6. The number of fused-ring (bicyclic) bond motifs is 1. The van der Waals surface area contributed by atoms with Crippen molar-refractivity contribution < 1.29 is 4.79 Å². The Labute approximate surface area is 171 Å². The van der Waals surface area contributed by atoms with Gasteiger partial charge in [-0.15, -0.1) is 0 Å². The number of aromatic nitrogens is 2. The van der Waals surface area contributed by atoms with Crippen molar-refractivity contribution in [2.75, 3.05) is 11.9 Å². The molecule has 28 heavy (non-hydrogen) atoms. The second-order valence-electron chi connectivity index (χ2n) is 8.07. The van der Waals surface area contributed by atoms with E-state index in [-0.39, 0.29) is 11.4 Å². The molecule has 6 heteroatoms. The minimum absolute atomic E-state index is 0.0903. The summed E-state index contributed by atoms with van der Waals surface area (Å²) in [5.74, 6) is 0.908. The first-order valence-electron chi connectivity index (χ1n) is 9.47. The van der Waals surface area contributed by atoms with Gasteiger partial charge in [0.25, 0.3) is 5.91 Å². The third-order valence-electron chi connectivity index (χ3n) is 4.44. The molecule has 1 N–H and O–H groups in total. The smallest absolute Gasteiger partial charge is 0.253 e. The number of benzene rings is 1. The predicted molar refractivity (Wildman–Crippen MR) is 115 cm³/mol. The second-order valence-corrected chi connectivity index (χ2v) is 8.50. The Morgan fingerprint density at radius 3 is 2.46 bits per heavy atom. The number of carbonyl (C=O) groups excluding carboxylic acids is 1. The van der Waals surface area contributed by atoms with Gasteiger partial charge in [0.05, 0.1) is 11.3 Å². The van der Waals surface area contributed by atoms with Crippen molar-refractivity contribution in [3.63, 3.8) is 0 Å². The number of nitrogens with zero attached hydrogens (tertiary/aromatic N) is 3. The van der Waals surface area contributed by atoms with Crippen molar-refractivity contribution in [2.24, 2.45) is 0 Å². The SMILES string of the molecule is CCc1nc2ccc(C(=O)NC(C)(C)C)cn2c1N(C)Cc1ccc(Cl)cc1. The molecule has 0 radical (unpaired) electrons. The summed E-state index contributed by atoms with van der Waals surface area (Å²) < 4.78 is 2.01. The van der Waals surface area contributed by atoms with Crippen LogP contribution in [-0.4, -0.2) is 27.9 Å². The van der Waals surface area contributed by atoms with Crippen LogP contribution in [0.1, 0.15) is 49.3 Å². The summed E-state index contributed by atoms with van der Waals surface area (Å²) in [4.78, 5) is 19.5. The molecule has 0 atom stereocenters. The van der Waals surface area contributed by atoms with Crippen LogP contribution in [0.5, 0.6) is 0 Å². The van der Waals surface area contributed by atoms with Gasteiger partial charge in [-0.2, -0.15) is 0 Å². The van der Waals surface area contributed by atoms with Crippen molar-refractivity contribution in [1.82, 2.24) is 14.7 Å². The number of pyridine rings is 1. The number of imidazole rings is 1. The summed E-state index contributed by atoms with van der Waals surface area (Å²) in [6.07, 6.45) is 2.68. The van der Waals surface area contributed by atoms with E-state index in [1.165, 1.54) is 0 Å². The Bertz CT molecular complexity index is 986. The highest BCUT2D eigenvalue weighted by Crippen LogP contribution is 2.25. The number of halogens is 1. The summed E-state index contributed by atoms with van der Waals surface area (Å²) in [7, 11) is 2.04. The highest BCUT2D eigenvalue weighted by Gasteiger charge is 2.19. The van der Waals surface area contributed by atoms with Crippen LogP contribution in [-0.2, 0) is 13.0 Å². The van der Waals surface area contributed by atoms with E-state index >= 15 is 0 Å². The molecule has 3 aromatic rings. The van der Waals surface area contributed by atoms with Gasteiger partial charge in [0.15, 0.2) is 0 Å². The van der Waals surface area contributed by atoms with Gasteiger partial charge >= 0.3 is 0 Å². The van der Waals surface area contributed by atoms with E-state index in [2.05, 4.69) is 17.1 Å². The lowest BCUT2D eigenvalue weighted by Gasteiger charge is -2.22. The molecule has 3 rings (SSSR count). The Morgan fingerprint density at radius 1 is 1.18 bits per heavy atom. The zero-order valence-corrected chi connectivity index (χ0v) is 17.8. The number of carbonyl (C=O) groups is 1. The van der Waals surface area contributed by atoms with Gasteiger partial charge in [-0.05, 0) is 57.0 Å². The molecule has 1 aromatic carbocycles. The van der Waals surface area contributed by atoms with E-state index in [1.807, 2.05) is 74.8 Å². The van der Waals surface area contributed by atoms with Crippen LogP contribution >= 0.6 is 11.6 Å². The quantitative estimate of drug-likeness (QED) is 0.676. The number of hydrogen-bond donors (Lipinski definition) is 1. The van der Waals surface area contributed by atoms with Gasteiger partial charge in [-0.3, -0.25) is 9.20 Å². The minimum atomic E-state index is -0.288. The van der Waals surface area contributed by atoms with Crippen molar-refractivity contribution in [3.05, 3.63) is 64.4 Å². The molecule has 0 unspecified atom stereocenters. The molecular weight excluding hydrogens is 372 g/mol. The zero-order valence-electron chi connectivity index (χ0n) is 17.1. The third kappa shape index (κ3) is 4.47. The lowest BCUT2D eigenvalue weighted by atomic mass is 10.1. The van der Waals surface area contributed by atoms with Crippen molar-refractivity contribution in [3.8, 4) is 0 Å². The first-order valence-corrected chi connectivity index (χ1v) is 9.85. The molecule has 0 aliphatic carbocycles. The van der Waals surface area contributed by atoms with Crippen LogP contribution in [0.3, 0.4) is 0 Å². The monoisotopic (exact) mass is 398 g/mol. The van der Waals surface area contributed by atoms with Crippen molar-refractivity contribution in [2.45, 2.75) is 46.2 Å². The fraction of sp³-hybridized carbons (Fsp3) is 0.364. The van der Waals surface area contributed by atoms with Crippen LogP contribution in [0.4, 0.5) is 5.82 Å². The molecule has 0 saturated carbocycles. The van der Waals surface area contributed by atoms with E-state index in [0.717, 1.165) is 40.7 Å². The predicted octanol–water partition coefficient (Wildman–Crippen LogP) is 4.71. The van der Waals surface area contributed by atoms with E-state index in [4.69, 9.17) is 16.6 Å². The maximum absolute atomic E-state index is 12.6. The van der Waals surface area contributed by atoms with E-state index in [0.29, 0.717) is 5.56 Å². The standard InChI is InChI=1S/C22H27ClN4O/c1-6-18-21(26(5)13-15-7-10-17(23)11-8-15)27-14-16(9-12-19(27)24-18)20(28)25-22(2,3)4/h7-12,14H,6,13H2,1-5H3,(H,25,28). The summed E-state index contributed by atoms with van der Waals surface area (Å²) >= 11 is 6.00. The molecule has 0 fully saturated rings. The summed E-state index contributed by atoms with van der Waals surface area (Å²) in [6, 6.07) is 11.6. The van der Waals surface area contributed by atoms with Gasteiger partial charge in [0.1, 0.15) is 11.5 Å². The highest BCUT2D eigenvalue weighted by atomic mass is 35.5. The third-order valence-corrected chi connectivity index (χ3v) is 4.69. The average Bonchev–Trinajstić information content (AvgIpc) is 3.00. The Balaban J connectivity index is 1.98. The van der Waals surface area contributed by atoms with E-state index in [1.54, 1.807) is 0 Å². The van der Waals surface area contributed by atoms with E-state index < -0.39 is 0 Å². The van der Waals surface area contributed by atoms with E-state index in [9.17, 15) is 4.79 Å². The number of rotatable bonds is 5. The fourth-order valence-electron chi connectivity index (χ4n) is 3.21. The number of aryl methyl sites for hydroxylation is 1. The zero-order chi connectivity index (χ0) is 20.5. The lowest BCUT2D eigenvalue weighted by molar-refractivity contribution is 0.0919. The topological polar surface area (TPSA) is 49.6 Å². The maximum Gasteiger partial charge on any atom is 0.253 e. The molecule has 0 aliphatic heterocycles. The molecule has 0 bridgehead atoms. The van der Waals surface area contributed by atoms with Gasteiger partial charge in [-0.25, -0.2) is 4.98 Å². The average molecular weight is 399 g/mol. The van der Waals surface area contributed by atoms with Crippen LogP contribution < -0.4 is 10.2 Å².